The molecule has 3 N–H and O–H groups in total. The topological polar surface area (TPSA) is 107 Å². The number of rotatable bonds is 5. The summed E-state index contributed by atoms with van der Waals surface area (Å²) in [5.41, 5.74) is 1.59. The van der Waals surface area contributed by atoms with Gasteiger partial charge in [0.15, 0.2) is 5.75 Å². The van der Waals surface area contributed by atoms with Crippen molar-refractivity contribution in [3.63, 3.8) is 0 Å². The van der Waals surface area contributed by atoms with Gasteiger partial charge in [0.05, 0.1) is 28.0 Å². The smallest absolute Gasteiger partial charge is 0.312 e. The fraction of sp³-hybridized carbons (Fsp3) is 0.222. The summed E-state index contributed by atoms with van der Waals surface area (Å²) in [6.07, 6.45) is -0.0338. The average molecular weight is 294 g/mol. The summed E-state index contributed by atoms with van der Waals surface area (Å²) in [5.74, 6) is 4.37. The van der Waals surface area contributed by atoms with Crippen LogP contribution < -0.4 is 16.0 Å². The number of nitrogens with two attached hydrogens (primary N) is 1. The third-order valence-electron chi connectivity index (χ3n) is 1.95. The van der Waals surface area contributed by atoms with E-state index in [1.807, 2.05) is 5.43 Å². The van der Waals surface area contributed by atoms with Gasteiger partial charge in [-0.15, -0.1) is 0 Å². The van der Waals surface area contributed by atoms with Crippen LogP contribution in [-0.2, 0) is 4.79 Å². The second-order valence-electron chi connectivity index (χ2n) is 3.16. The number of halogens is 2. The quantitative estimate of drug-likeness (QED) is 0.371. The van der Waals surface area contributed by atoms with Crippen LogP contribution in [0.5, 0.6) is 5.75 Å². The van der Waals surface area contributed by atoms with Crippen LogP contribution in [0.3, 0.4) is 0 Å². The van der Waals surface area contributed by atoms with Crippen molar-refractivity contribution in [3.8, 4) is 5.75 Å². The zero-order valence-electron chi connectivity index (χ0n) is 8.98. The van der Waals surface area contributed by atoms with Gasteiger partial charge in [-0.05, 0) is 0 Å². The molecule has 0 unspecified atom stereocenters. The highest BCUT2D eigenvalue weighted by Gasteiger charge is 2.18. The fourth-order valence-electron chi connectivity index (χ4n) is 1.10. The molecule has 1 aromatic rings. The summed E-state index contributed by atoms with van der Waals surface area (Å²) in [6.45, 7) is -0.0676. The Morgan fingerprint density at radius 2 is 2.06 bits per heavy atom. The van der Waals surface area contributed by atoms with Crippen molar-refractivity contribution in [2.45, 2.75) is 6.42 Å². The molecule has 98 valence electrons. The number of hydrazine groups is 1. The zero-order chi connectivity index (χ0) is 13.7. The monoisotopic (exact) mass is 293 g/mol. The standard InChI is InChI=1S/C9H9Cl2N3O4/c10-5-3-7(14(16)17)8(4-6(5)11)18-2-1-9(15)13-12/h3-4H,1-2,12H2,(H,13,15). The van der Waals surface area contributed by atoms with Crippen molar-refractivity contribution >= 4 is 34.8 Å². The number of nitro groups is 1. The predicted molar refractivity (Wildman–Crippen MR) is 65.6 cm³/mol. The van der Waals surface area contributed by atoms with Gasteiger partial charge in [0.2, 0.25) is 5.91 Å². The number of nitro benzene ring substituents is 1. The summed E-state index contributed by atoms with van der Waals surface area (Å²) in [5, 5.41) is 10.9. The largest absolute Gasteiger partial charge is 0.486 e. The van der Waals surface area contributed by atoms with Crippen LogP contribution in [0.25, 0.3) is 0 Å². The van der Waals surface area contributed by atoms with Crippen molar-refractivity contribution < 1.29 is 14.5 Å². The number of carbonyl (C=O) groups excluding carboxylic acids is 1. The number of nitrogens with one attached hydrogen (secondary N) is 1. The minimum absolute atomic E-state index is 0.0338. The van der Waals surface area contributed by atoms with Crippen LogP contribution in [0, 0.1) is 10.1 Å². The fourth-order valence-corrected chi connectivity index (χ4v) is 1.41. The molecule has 0 fully saturated rings. The molecule has 0 atom stereocenters. The van der Waals surface area contributed by atoms with Gasteiger partial charge in [0, 0.05) is 12.1 Å². The maximum atomic E-state index is 10.8. The number of benzene rings is 1. The lowest BCUT2D eigenvalue weighted by atomic mass is 10.3. The summed E-state index contributed by atoms with van der Waals surface area (Å²) in [4.78, 5) is 21.0. The molecule has 0 aliphatic rings. The molecule has 0 bridgehead atoms. The summed E-state index contributed by atoms with van der Waals surface area (Å²) >= 11 is 11.4. The van der Waals surface area contributed by atoms with E-state index in [2.05, 4.69) is 0 Å². The van der Waals surface area contributed by atoms with E-state index >= 15 is 0 Å². The Kier molecular flexibility index (Phi) is 5.14. The highest BCUT2D eigenvalue weighted by atomic mass is 35.5. The molecule has 1 rings (SSSR count). The predicted octanol–water partition coefficient (Wildman–Crippen LogP) is 1.66. The number of carbonyl (C=O) groups is 1. The molecule has 9 heteroatoms. The number of hydrogen-bond acceptors (Lipinski definition) is 5. The second-order valence-corrected chi connectivity index (χ2v) is 3.97. The molecule has 0 aliphatic heterocycles. The normalized spacial score (nSPS) is 9.94. The van der Waals surface area contributed by atoms with Crippen LogP contribution in [0.2, 0.25) is 10.0 Å². The Morgan fingerprint density at radius 3 is 2.61 bits per heavy atom. The average Bonchev–Trinajstić information content (AvgIpc) is 2.32. The van der Waals surface area contributed by atoms with Crippen molar-refractivity contribution in [3.05, 3.63) is 32.3 Å². The molecule has 1 aromatic carbocycles. The number of ether oxygens (including phenoxy) is 1. The number of nitrogens with zero attached hydrogens (tertiary/aromatic N) is 1. The molecular weight excluding hydrogens is 285 g/mol. The highest BCUT2D eigenvalue weighted by Crippen LogP contribution is 2.35. The molecule has 0 spiro atoms. The van der Waals surface area contributed by atoms with E-state index in [0.29, 0.717) is 0 Å². The van der Waals surface area contributed by atoms with E-state index in [0.717, 1.165) is 6.07 Å². The molecule has 0 saturated heterocycles. The van der Waals surface area contributed by atoms with Crippen LogP contribution in [0.4, 0.5) is 5.69 Å². The van der Waals surface area contributed by atoms with Crippen molar-refractivity contribution in [1.29, 1.82) is 0 Å². The molecule has 18 heavy (non-hydrogen) atoms. The van der Waals surface area contributed by atoms with Crippen LogP contribution in [0.15, 0.2) is 12.1 Å². The van der Waals surface area contributed by atoms with E-state index in [4.69, 9.17) is 33.8 Å². The van der Waals surface area contributed by atoms with Gasteiger partial charge in [-0.25, -0.2) is 5.84 Å². The van der Waals surface area contributed by atoms with Crippen LogP contribution in [-0.4, -0.2) is 17.4 Å². The lowest BCUT2D eigenvalue weighted by Crippen LogP contribution is -2.31. The van der Waals surface area contributed by atoms with Gasteiger partial charge in [-0.3, -0.25) is 20.3 Å². The lowest BCUT2D eigenvalue weighted by Gasteiger charge is -2.07. The third kappa shape index (κ3) is 3.73. The summed E-state index contributed by atoms with van der Waals surface area (Å²) in [6, 6.07) is 2.31. The van der Waals surface area contributed by atoms with Gasteiger partial charge < -0.3 is 4.74 Å². The summed E-state index contributed by atoms with van der Waals surface area (Å²) < 4.78 is 5.11. The molecule has 0 radical (unpaired) electrons. The maximum Gasteiger partial charge on any atom is 0.312 e. The van der Waals surface area contributed by atoms with Crippen LogP contribution in [0.1, 0.15) is 6.42 Å². The molecule has 0 aromatic heterocycles. The third-order valence-corrected chi connectivity index (χ3v) is 2.67. The first-order valence-corrected chi connectivity index (χ1v) is 5.47. The Hall–Kier alpha value is -1.57. The highest BCUT2D eigenvalue weighted by molar-refractivity contribution is 6.42. The van der Waals surface area contributed by atoms with Gasteiger partial charge in [0.1, 0.15) is 0 Å². The molecule has 0 heterocycles. The molecule has 1 amide bonds. The van der Waals surface area contributed by atoms with Gasteiger partial charge in [0.25, 0.3) is 0 Å². The molecule has 7 nitrogen and oxygen atoms in total. The first-order valence-electron chi connectivity index (χ1n) is 4.71. The van der Waals surface area contributed by atoms with E-state index < -0.39 is 10.8 Å². The molecule has 0 saturated carbocycles. The lowest BCUT2D eigenvalue weighted by molar-refractivity contribution is -0.385. The van der Waals surface area contributed by atoms with Gasteiger partial charge in [-0.1, -0.05) is 23.2 Å². The summed E-state index contributed by atoms with van der Waals surface area (Å²) in [7, 11) is 0. The minimum Gasteiger partial charge on any atom is -0.486 e. The SMILES string of the molecule is NNC(=O)CCOc1cc(Cl)c(Cl)cc1[N+](=O)[O-]. The van der Waals surface area contributed by atoms with Gasteiger partial charge >= 0.3 is 5.69 Å². The van der Waals surface area contributed by atoms with Gasteiger partial charge in [-0.2, -0.15) is 0 Å². The van der Waals surface area contributed by atoms with Crippen molar-refractivity contribution in [2.75, 3.05) is 6.61 Å². The molecule has 0 aliphatic carbocycles. The van der Waals surface area contributed by atoms with E-state index in [1.165, 1.54) is 6.07 Å². The Labute approximate surface area is 112 Å². The maximum absolute atomic E-state index is 10.8. The Bertz CT molecular complexity index is 481. The first kappa shape index (κ1) is 14.5. The number of amides is 1. The number of hydrogen-bond donors (Lipinski definition) is 2. The second kappa shape index (κ2) is 6.39. The molecular formula is C9H9Cl2N3O4. The van der Waals surface area contributed by atoms with E-state index in [9.17, 15) is 14.9 Å². The van der Waals surface area contributed by atoms with Crippen molar-refractivity contribution in [2.24, 2.45) is 5.84 Å². The van der Waals surface area contributed by atoms with E-state index in [1.54, 1.807) is 0 Å². The Morgan fingerprint density at radius 1 is 1.44 bits per heavy atom. The van der Waals surface area contributed by atoms with Crippen LogP contribution >= 0.6 is 23.2 Å². The van der Waals surface area contributed by atoms with Crippen molar-refractivity contribution in [1.82, 2.24) is 5.43 Å². The first-order chi connectivity index (χ1) is 8.45. The Balaban J connectivity index is 2.83. The van der Waals surface area contributed by atoms with E-state index in [-0.39, 0.29) is 34.5 Å². The minimum atomic E-state index is -0.652. The zero-order valence-corrected chi connectivity index (χ0v) is 10.5.